The molecule has 0 amide bonds. The first kappa shape index (κ1) is 9.02. The molecular formula is C10H8BrN. The van der Waals surface area contributed by atoms with Crippen LogP contribution in [0.25, 0.3) is 6.08 Å². The van der Waals surface area contributed by atoms with Crippen LogP contribution in [0.1, 0.15) is 11.1 Å². The predicted molar refractivity (Wildman–Crippen MR) is 54.0 cm³/mol. The van der Waals surface area contributed by atoms with Crippen molar-refractivity contribution in [2.45, 2.75) is 0 Å². The van der Waals surface area contributed by atoms with Crippen LogP contribution in [0.3, 0.4) is 0 Å². The normalized spacial score (nSPS) is 10.0. The molecule has 0 aliphatic carbocycles. The zero-order valence-corrected chi connectivity index (χ0v) is 8.08. The quantitative estimate of drug-likeness (QED) is 0.705. The Hall–Kier alpha value is -1.07. The van der Waals surface area contributed by atoms with E-state index in [1.165, 1.54) is 0 Å². The third-order valence-electron chi connectivity index (χ3n) is 1.47. The standard InChI is InChI=1S/C10H8BrN/c11-7-3-6-9-4-1-2-5-10(9)8-12/h1-6H,7H2. The average Bonchev–Trinajstić information content (AvgIpc) is 2.15. The first-order valence-corrected chi connectivity index (χ1v) is 4.72. The van der Waals surface area contributed by atoms with Gasteiger partial charge in [-0.3, -0.25) is 0 Å². The van der Waals surface area contributed by atoms with E-state index in [0.29, 0.717) is 0 Å². The lowest BCUT2D eigenvalue weighted by molar-refractivity contribution is 1.47. The molecule has 0 fully saturated rings. The molecule has 0 heterocycles. The molecule has 0 saturated heterocycles. The molecule has 0 atom stereocenters. The van der Waals surface area contributed by atoms with Gasteiger partial charge in [-0.1, -0.05) is 46.3 Å². The Morgan fingerprint density at radius 3 is 2.83 bits per heavy atom. The number of benzene rings is 1. The van der Waals surface area contributed by atoms with Crippen LogP contribution in [0, 0.1) is 11.3 Å². The average molecular weight is 222 g/mol. The van der Waals surface area contributed by atoms with Crippen LogP contribution in [-0.2, 0) is 0 Å². The van der Waals surface area contributed by atoms with E-state index in [-0.39, 0.29) is 0 Å². The monoisotopic (exact) mass is 221 g/mol. The first-order chi connectivity index (χ1) is 5.88. The van der Waals surface area contributed by atoms with Gasteiger partial charge in [0, 0.05) is 5.33 Å². The maximum absolute atomic E-state index is 8.72. The highest BCUT2D eigenvalue weighted by Crippen LogP contribution is 2.09. The lowest BCUT2D eigenvalue weighted by atomic mass is 10.1. The summed E-state index contributed by atoms with van der Waals surface area (Å²) < 4.78 is 0. The van der Waals surface area contributed by atoms with Gasteiger partial charge in [-0.15, -0.1) is 0 Å². The predicted octanol–water partition coefficient (Wildman–Crippen LogP) is 2.97. The van der Waals surface area contributed by atoms with Gasteiger partial charge in [0.05, 0.1) is 11.6 Å². The molecule has 1 rings (SSSR count). The smallest absolute Gasteiger partial charge is 0.0997 e. The van der Waals surface area contributed by atoms with Crippen molar-refractivity contribution in [2.24, 2.45) is 0 Å². The molecule has 2 heteroatoms. The molecule has 0 spiro atoms. The van der Waals surface area contributed by atoms with Crippen LogP contribution in [0.5, 0.6) is 0 Å². The molecule has 0 bridgehead atoms. The second kappa shape index (κ2) is 4.74. The van der Waals surface area contributed by atoms with Crippen molar-refractivity contribution in [3.8, 4) is 6.07 Å². The van der Waals surface area contributed by atoms with Gasteiger partial charge in [-0.05, 0) is 11.6 Å². The summed E-state index contributed by atoms with van der Waals surface area (Å²) in [5.74, 6) is 0. The zero-order valence-electron chi connectivity index (χ0n) is 6.50. The van der Waals surface area contributed by atoms with E-state index in [1.54, 1.807) is 0 Å². The minimum absolute atomic E-state index is 0.717. The molecule has 12 heavy (non-hydrogen) atoms. The molecule has 0 aliphatic heterocycles. The van der Waals surface area contributed by atoms with Crippen LogP contribution >= 0.6 is 15.9 Å². The van der Waals surface area contributed by atoms with Crippen molar-refractivity contribution in [1.82, 2.24) is 0 Å². The molecule has 0 radical (unpaired) electrons. The van der Waals surface area contributed by atoms with E-state index in [0.717, 1.165) is 16.5 Å². The number of hydrogen-bond acceptors (Lipinski definition) is 1. The van der Waals surface area contributed by atoms with Crippen molar-refractivity contribution in [2.75, 3.05) is 5.33 Å². The van der Waals surface area contributed by atoms with Crippen LogP contribution < -0.4 is 0 Å². The Morgan fingerprint density at radius 2 is 2.17 bits per heavy atom. The maximum atomic E-state index is 8.72. The number of hydrogen-bond donors (Lipinski definition) is 0. The van der Waals surface area contributed by atoms with E-state index in [1.807, 2.05) is 36.4 Å². The molecule has 0 unspecified atom stereocenters. The first-order valence-electron chi connectivity index (χ1n) is 3.60. The van der Waals surface area contributed by atoms with E-state index in [2.05, 4.69) is 22.0 Å². The maximum Gasteiger partial charge on any atom is 0.0997 e. The number of nitrogens with zero attached hydrogens (tertiary/aromatic N) is 1. The van der Waals surface area contributed by atoms with Crippen molar-refractivity contribution in [3.63, 3.8) is 0 Å². The van der Waals surface area contributed by atoms with Crippen LogP contribution in [0.4, 0.5) is 0 Å². The second-order valence-corrected chi connectivity index (χ2v) is 2.90. The van der Waals surface area contributed by atoms with Crippen molar-refractivity contribution >= 4 is 22.0 Å². The highest BCUT2D eigenvalue weighted by atomic mass is 79.9. The summed E-state index contributed by atoms with van der Waals surface area (Å²) in [4.78, 5) is 0. The second-order valence-electron chi connectivity index (χ2n) is 2.26. The third-order valence-corrected chi connectivity index (χ3v) is 1.84. The van der Waals surface area contributed by atoms with Crippen LogP contribution in [0.15, 0.2) is 30.3 Å². The Labute approximate surface area is 80.5 Å². The van der Waals surface area contributed by atoms with Crippen LogP contribution in [-0.4, -0.2) is 5.33 Å². The molecule has 0 N–H and O–H groups in total. The zero-order chi connectivity index (χ0) is 8.81. The number of alkyl halides is 1. The molecule has 1 aromatic rings. The third kappa shape index (κ3) is 2.21. The highest BCUT2D eigenvalue weighted by Gasteiger charge is 1.93. The summed E-state index contributed by atoms with van der Waals surface area (Å²) in [6, 6.07) is 9.67. The lowest BCUT2D eigenvalue weighted by Gasteiger charge is -1.94. The summed E-state index contributed by atoms with van der Waals surface area (Å²) in [6.45, 7) is 0. The SMILES string of the molecule is N#Cc1ccccc1C=CCBr. The summed E-state index contributed by atoms with van der Waals surface area (Å²) in [7, 11) is 0. The van der Waals surface area contributed by atoms with Gasteiger partial charge < -0.3 is 0 Å². The molecule has 60 valence electrons. The van der Waals surface area contributed by atoms with Gasteiger partial charge in [-0.25, -0.2) is 0 Å². The number of nitriles is 1. The molecule has 0 aliphatic rings. The van der Waals surface area contributed by atoms with Crippen molar-refractivity contribution < 1.29 is 0 Å². The fraction of sp³-hybridized carbons (Fsp3) is 0.100. The summed E-state index contributed by atoms with van der Waals surface area (Å²) in [5, 5.41) is 9.53. The van der Waals surface area contributed by atoms with Gasteiger partial charge in [-0.2, -0.15) is 5.26 Å². The highest BCUT2D eigenvalue weighted by molar-refractivity contribution is 9.09. The van der Waals surface area contributed by atoms with Gasteiger partial charge in [0.2, 0.25) is 0 Å². The number of rotatable bonds is 2. The Kier molecular flexibility index (Phi) is 3.56. The van der Waals surface area contributed by atoms with Crippen molar-refractivity contribution in [1.29, 1.82) is 5.26 Å². The molecule has 1 aromatic carbocycles. The Bertz CT molecular complexity index is 323. The van der Waals surface area contributed by atoms with Gasteiger partial charge in [0.1, 0.15) is 0 Å². The molecular weight excluding hydrogens is 214 g/mol. The number of allylic oxidation sites excluding steroid dienone is 1. The van der Waals surface area contributed by atoms with Crippen LogP contribution in [0.2, 0.25) is 0 Å². The Balaban J connectivity index is 2.99. The fourth-order valence-corrected chi connectivity index (χ4v) is 1.10. The molecule has 1 nitrogen and oxygen atoms in total. The van der Waals surface area contributed by atoms with Gasteiger partial charge in [0.15, 0.2) is 0 Å². The fourth-order valence-electron chi connectivity index (χ4n) is 0.916. The molecule has 0 saturated carbocycles. The largest absolute Gasteiger partial charge is 0.192 e. The minimum atomic E-state index is 0.717. The molecule has 0 aromatic heterocycles. The van der Waals surface area contributed by atoms with Gasteiger partial charge in [0.25, 0.3) is 0 Å². The number of halogens is 1. The summed E-state index contributed by atoms with van der Waals surface area (Å²) in [6.07, 6.45) is 3.91. The van der Waals surface area contributed by atoms with Crippen molar-refractivity contribution in [3.05, 3.63) is 41.5 Å². The van der Waals surface area contributed by atoms with E-state index in [4.69, 9.17) is 5.26 Å². The topological polar surface area (TPSA) is 23.8 Å². The Morgan fingerprint density at radius 1 is 1.42 bits per heavy atom. The minimum Gasteiger partial charge on any atom is -0.192 e. The summed E-state index contributed by atoms with van der Waals surface area (Å²) >= 11 is 3.28. The van der Waals surface area contributed by atoms with Gasteiger partial charge >= 0.3 is 0 Å². The van der Waals surface area contributed by atoms with E-state index >= 15 is 0 Å². The van der Waals surface area contributed by atoms with E-state index in [9.17, 15) is 0 Å². The summed E-state index contributed by atoms with van der Waals surface area (Å²) in [5.41, 5.74) is 1.69. The lowest BCUT2D eigenvalue weighted by Crippen LogP contribution is -1.79. The van der Waals surface area contributed by atoms with E-state index < -0.39 is 0 Å².